The molecule has 2 aliphatic carbocycles. The average molecular weight is 392 g/mol. The molecule has 2 saturated carbocycles. The molecule has 29 heavy (non-hydrogen) atoms. The van der Waals surface area contributed by atoms with E-state index in [0.717, 1.165) is 31.6 Å². The number of carbonyl (C=O) groups is 2. The molecule has 152 valence electrons. The summed E-state index contributed by atoms with van der Waals surface area (Å²) in [5.74, 6) is 0.303. The number of para-hydroxylation sites is 1. The molecule has 0 radical (unpaired) electrons. The van der Waals surface area contributed by atoms with E-state index in [2.05, 4.69) is 47.1 Å². The standard InChI is InChI=1S/C24H28N2O3/c1-15-22-9-6-11-25-12-10-23(21(22)25)19-7-4-5-8-20(19)26(16(2)27)24(15,23)18(13-22)14-29-17(3)28/h4-9,15,18,21H,10-14H2,1-3H3/t15-,18+,21+,22+,23-,24+/m1/s1. The summed E-state index contributed by atoms with van der Waals surface area (Å²) in [4.78, 5) is 29.7. The summed E-state index contributed by atoms with van der Waals surface area (Å²) in [5.41, 5.74) is 2.00. The van der Waals surface area contributed by atoms with Gasteiger partial charge >= 0.3 is 5.97 Å². The number of anilines is 1. The monoisotopic (exact) mass is 392 g/mol. The van der Waals surface area contributed by atoms with Gasteiger partial charge in [0, 0.05) is 48.9 Å². The van der Waals surface area contributed by atoms with Gasteiger partial charge in [-0.25, -0.2) is 0 Å². The summed E-state index contributed by atoms with van der Waals surface area (Å²) in [6.07, 6.45) is 6.82. The molecule has 3 heterocycles. The van der Waals surface area contributed by atoms with Crippen molar-refractivity contribution < 1.29 is 14.3 Å². The fourth-order valence-corrected chi connectivity index (χ4v) is 8.80. The van der Waals surface area contributed by atoms with Gasteiger partial charge < -0.3 is 9.64 Å². The summed E-state index contributed by atoms with van der Waals surface area (Å²) >= 11 is 0. The lowest BCUT2D eigenvalue weighted by Crippen LogP contribution is -2.66. The SMILES string of the molecule is CC(=O)OC[C@@H]1C[C@@]23C=CCN4CC[C@@]5(c6ccccc6N(C(C)=O)[C@@]15[C@@H]2C)[C@@H]43. The normalized spacial score (nSPS) is 43.3. The molecule has 3 fully saturated rings. The molecule has 3 spiro atoms. The van der Waals surface area contributed by atoms with E-state index in [1.807, 2.05) is 6.07 Å². The molecular formula is C24H28N2O3. The first-order chi connectivity index (χ1) is 13.9. The Hall–Kier alpha value is -2.14. The third kappa shape index (κ3) is 1.64. The van der Waals surface area contributed by atoms with Crippen molar-refractivity contribution in [3.8, 4) is 0 Å². The number of amides is 1. The number of rotatable bonds is 2. The van der Waals surface area contributed by atoms with E-state index in [0.29, 0.717) is 18.6 Å². The zero-order chi connectivity index (χ0) is 20.2. The number of benzene rings is 1. The molecule has 3 aliphatic heterocycles. The minimum absolute atomic E-state index is 0.0286. The van der Waals surface area contributed by atoms with Gasteiger partial charge in [-0.1, -0.05) is 37.3 Å². The lowest BCUT2D eigenvalue weighted by Gasteiger charge is -2.53. The zero-order valence-corrected chi connectivity index (χ0v) is 17.4. The third-order valence-corrected chi connectivity index (χ3v) is 9.10. The molecule has 0 unspecified atom stereocenters. The summed E-state index contributed by atoms with van der Waals surface area (Å²) in [7, 11) is 0. The van der Waals surface area contributed by atoms with Crippen LogP contribution >= 0.6 is 0 Å². The van der Waals surface area contributed by atoms with Crippen molar-refractivity contribution in [2.75, 3.05) is 24.6 Å². The number of esters is 1. The molecule has 0 N–H and O–H groups in total. The topological polar surface area (TPSA) is 49.9 Å². The zero-order valence-electron chi connectivity index (χ0n) is 17.4. The van der Waals surface area contributed by atoms with Crippen LogP contribution in [0.25, 0.3) is 0 Å². The number of carbonyl (C=O) groups excluding carboxylic acids is 2. The molecule has 6 rings (SSSR count). The number of hydrogen-bond acceptors (Lipinski definition) is 4. The van der Waals surface area contributed by atoms with E-state index in [1.165, 1.54) is 12.5 Å². The minimum Gasteiger partial charge on any atom is -0.465 e. The summed E-state index contributed by atoms with van der Waals surface area (Å²) in [5, 5.41) is 0. The Morgan fingerprint density at radius 1 is 1.24 bits per heavy atom. The highest BCUT2D eigenvalue weighted by molar-refractivity contribution is 5.98. The summed E-state index contributed by atoms with van der Waals surface area (Å²) in [6, 6.07) is 8.96. The third-order valence-electron chi connectivity index (χ3n) is 9.10. The molecule has 1 aromatic rings. The van der Waals surface area contributed by atoms with Crippen LogP contribution in [0.3, 0.4) is 0 Å². The van der Waals surface area contributed by atoms with Gasteiger partial charge in [0.1, 0.15) is 0 Å². The highest BCUT2D eigenvalue weighted by atomic mass is 16.5. The van der Waals surface area contributed by atoms with Gasteiger partial charge in [-0.15, -0.1) is 0 Å². The van der Waals surface area contributed by atoms with Gasteiger partial charge in [0.15, 0.2) is 0 Å². The summed E-state index contributed by atoms with van der Waals surface area (Å²) < 4.78 is 5.62. The number of hydrogen-bond donors (Lipinski definition) is 0. The fraction of sp³-hybridized carbons (Fsp3) is 0.583. The quantitative estimate of drug-likeness (QED) is 0.574. The molecule has 5 heteroatoms. The maximum Gasteiger partial charge on any atom is 0.302 e. The highest BCUT2D eigenvalue weighted by Gasteiger charge is 2.86. The second-order valence-electron chi connectivity index (χ2n) is 9.76. The van der Waals surface area contributed by atoms with E-state index in [4.69, 9.17) is 4.74 Å². The molecule has 2 bridgehead atoms. The van der Waals surface area contributed by atoms with Gasteiger partial charge in [-0.2, -0.15) is 0 Å². The summed E-state index contributed by atoms with van der Waals surface area (Å²) in [6.45, 7) is 7.98. The molecule has 1 saturated heterocycles. The van der Waals surface area contributed by atoms with Gasteiger partial charge in [-0.3, -0.25) is 14.5 Å². The van der Waals surface area contributed by atoms with Crippen LogP contribution in [0.15, 0.2) is 36.4 Å². The molecule has 1 aromatic carbocycles. The molecule has 1 amide bonds. The molecular weight excluding hydrogens is 364 g/mol. The Bertz CT molecular complexity index is 973. The first kappa shape index (κ1) is 17.7. The van der Waals surface area contributed by atoms with Crippen LogP contribution in [0.1, 0.15) is 39.2 Å². The minimum atomic E-state index is -0.341. The average Bonchev–Trinajstić information content (AvgIpc) is 3.34. The van der Waals surface area contributed by atoms with Crippen molar-refractivity contribution in [2.45, 2.75) is 50.6 Å². The van der Waals surface area contributed by atoms with Crippen LogP contribution in [0.2, 0.25) is 0 Å². The van der Waals surface area contributed by atoms with Crippen LogP contribution in [0.4, 0.5) is 5.69 Å². The molecule has 0 aromatic heterocycles. The fourth-order valence-electron chi connectivity index (χ4n) is 8.80. The predicted octanol–water partition coefficient (Wildman–Crippen LogP) is 2.89. The van der Waals surface area contributed by atoms with E-state index < -0.39 is 0 Å². The van der Waals surface area contributed by atoms with Crippen molar-refractivity contribution >= 4 is 17.6 Å². The van der Waals surface area contributed by atoms with Gasteiger partial charge in [-0.05, 0) is 36.9 Å². The lowest BCUT2D eigenvalue weighted by molar-refractivity contribution is -0.143. The Kier molecular flexibility index (Phi) is 3.24. The van der Waals surface area contributed by atoms with Gasteiger partial charge in [0.2, 0.25) is 5.91 Å². The van der Waals surface area contributed by atoms with Crippen LogP contribution in [0, 0.1) is 17.3 Å². The highest BCUT2D eigenvalue weighted by Crippen LogP contribution is 2.80. The van der Waals surface area contributed by atoms with Crippen molar-refractivity contribution in [3.05, 3.63) is 42.0 Å². The number of ether oxygens (including phenoxy) is 1. The first-order valence-electron chi connectivity index (χ1n) is 10.9. The van der Waals surface area contributed by atoms with Crippen LogP contribution < -0.4 is 4.90 Å². The predicted molar refractivity (Wildman–Crippen MR) is 109 cm³/mol. The maximum absolute atomic E-state index is 13.2. The molecule has 5 aliphatic rings. The maximum atomic E-state index is 13.2. The Morgan fingerprint density at radius 3 is 2.79 bits per heavy atom. The number of fused-ring (bicyclic) bond motifs is 1. The lowest BCUT2D eigenvalue weighted by atomic mass is 9.57. The van der Waals surface area contributed by atoms with Gasteiger partial charge in [0.25, 0.3) is 0 Å². The van der Waals surface area contributed by atoms with E-state index >= 15 is 0 Å². The number of nitrogens with zero attached hydrogens (tertiary/aromatic N) is 2. The Morgan fingerprint density at radius 2 is 2.03 bits per heavy atom. The molecule has 5 nitrogen and oxygen atoms in total. The Balaban J connectivity index is 1.67. The van der Waals surface area contributed by atoms with Crippen molar-refractivity contribution in [1.82, 2.24) is 4.90 Å². The van der Waals surface area contributed by atoms with Crippen LogP contribution in [-0.2, 0) is 19.7 Å². The van der Waals surface area contributed by atoms with Crippen molar-refractivity contribution in [3.63, 3.8) is 0 Å². The van der Waals surface area contributed by atoms with Gasteiger partial charge in [0.05, 0.1) is 12.1 Å². The smallest absolute Gasteiger partial charge is 0.302 e. The van der Waals surface area contributed by atoms with Crippen LogP contribution in [0.5, 0.6) is 0 Å². The van der Waals surface area contributed by atoms with E-state index in [9.17, 15) is 9.59 Å². The largest absolute Gasteiger partial charge is 0.465 e. The molecule has 6 atom stereocenters. The van der Waals surface area contributed by atoms with Crippen LogP contribution in [-0.4, -0.2) is 48.1 Å². The van der Waals surface area contributed by atoms with E-state index in [-0.39, 0.29) is 34.2 Å². The van der Waals surface area contributed by atoms with E-state index in [1.54, 1.807) is 6.92 Å². The second kappa shape index (κ2) is 5.31. The Labute approximate surface area is 171 Å². The second-order valence-corrected chi connectivity index (χ2v) is 9.76. The first-order valence-corrected chi connectivity index (χ1v) is 10.9. The van der Waals surface area contributed by atoms with Crippen molar-refractivity contribution in [2.24, 2.45) is 17.3 Å². The van der Waals surface area contributed by atoms with Crippen molar-refractivity contribution in [1.29, 1.82) is 0 Å².